The van der Waals surface area contributed by atoms with Crippen LogP contribution in [-0.2, 0) is 8.85 Å². The molecule has 0 aromatic carbocycles. The molecular formula is C36H70O3Si2. The van der Waals surface area contributed by atoms with E-state index in [9.17, 15) is 5.11 Å². The van der Waals surface area contributed by atoms with Gasteiger partial charge in [-0.3, -0.25) is 0 Å². The van der Waals surface area contributed by atoms with Crippen molar-refractivity contribution in [3.05, 3.63) is 0 Å². The Kier molecular flexibility index (Phi) is 9.41. The largest absolute Gasteiger partial charge is 0.396 e. The predicted molar refractivity (Wildman–Crippen MR) is 180 cm³/mol. The molecule has 0 amide bonds. The normalized spacial score (nSPS) is 38.6. The quantitative estimate of drug-likeness (QED) is 0.221. The second-order valence-corrected chi connectivity index (χ2v) is 28.3. The highest BCUT2D eigenvalue weighted by molar-refractivity contribution is 6.75. The Hall–Kier alpha value is 0.314. The lowest BCUT2D eigenvalue weighted by atomic mass is 9.43. The minimum absolute atomic E-state index is 0.0706. The fraction of sp³-hybridized carbons (Fsp3) is 1.00. The molecule has 0 saturated heterocycles. The van der Waals surface area contributed by atoms with Gasteiger partial charge in [-0.2, -0.15) is 0 Å². The molecule has 0 spiro atoms. The highest BCUT2D eigenvalue weighted by Gasteiger charge is 2.69. The molecule has 1 N–H and O–H groups in total. The van der Waals surface area contributed by atoms with E-state index in [1.54, 1.807) is 0 Å². The van der Waals surface area contributed by atoms with Crippen molar-refractivity contribution in [2.45, 2.75) is 175 Å². The molecule has 3 nitrogen and oxygen atoms in total. The van der Waals surface area contributed by atoms with Gasteiger partial charge in [0.15, 0.2) is 22.4 Å². The van der Waals surface area contributed by atoms with E-state index in [0.29, 0.717) is 23.9 Å². The van der Waals surface area contributed by atoms with Crippen LogP contribution in [0.2, 0.25) is 36.3 Å². The smallest absolute Gasteiger partial charge is 0.195 e. The maximum atomic E-state index is 9.54. The zero-order chi connectivity index (χ0) is 30.9. The van der Waals surface area contributed by atoms with Crippen molar-refractivity contribution in [1.29, 1.82) is 0 Å². The zero-order valence-corrected chi connectivity index (χ0v) is 31.7. The summed E-state index contributed by atoms with van der Waals surface area (Å²) >= 11 is 0. The van der Waals surface area contributed by atoms with E-state index in [4.69, 9.17) is 8.85 Å². The lowest BCUT2D eigenvalue weighted by Gasteiger charge is -2.68. The van der Waals surface area contributed by atoms with Gasteiger partial charge in [0.1, 0.15) is 0 Å². The molecule has 4 rings (SSSR count). The number of hydrogen-bond donors (Lipinski definition) is 1. The molecule has 0 aromatic heterocycles. The van der Waals surface area contributed by atoms with Crippen molar-refractivity contribution in [3.63, 3.8) is 0 Å². The van der Waals surface area contributed by atoms with Gasteiger partial charge in [0.2, 0.25) is 0 Å². The zero-order valence-electron chi connectivity index (χ0n) is 29.7. The van der Waals surface area contributed by atoms with Crippen molar-refractivity contribution in [2.75, 3.05) is 6.61 Å². The fourth-order valence-corrected chi connectivity index (χ4v) is 13.5. The van der Waals surface area contributed by atoms with Gasteiger partial charge < -0.3 is 14.0 Å². The SMILES string of the molecule is C[C@H](CCCO)[C@H]1CC[C@H]2[C@@H]3CC[C@@H]4CCCC(O[Si](C)(C)C(C)(C)C)(O[Si](C)(C)C(C)(C)C)[C@]4(C)[C@H]3CC[C@]12C. The van der Waals surface area contributed by atoms with Crippen LogP contribution < -0.4 is 0 Å². The first kappa shape index (κ1) is 34.2. The molecule has 0 bridgehead atoms. The van der Waals surface area contributed by atoms with Crippen LogP contribution in [0.25, 0.3) is 0 Å². The van der Waals surface area contributed by atoms with E-state index in [0.717, 1.165) is 36.5 Å². The molecule has 0 aromatic rings. The molecule has 4 aliphatic carbocycles. The van der Waals surface area contributed by atoms with Gasteiger partial charge in [-0.05, 0) is 141 Å². The molecule has 4 saturated carbocycles. The van der Waals surface area contributed by atoms with E-state index < -0.39 is 22.4 Å². The molecule has 240 valence electrons. The Morgan fingerprint density at radius 2 is 1.37 bits per heavy atom. The fourth-order valence-electron chi connectivity index (χ4n) is 10.4. The second kappa shape index (κ2) is 11.3. The first-order chi connectivity index (χ1) is 18.7. The number of rotatable bonds is 8. The summed E-state index contributed by atoms with van der Waals surface area (Å²) in [7, 11) is -4.21. The summed E-state index contributed by atoms with van der Waals surface area (Å²) in [5.41, 5.74) is 0.526. The van der Waals surface area contributed by atoms with Crippen molar-refractivity contribution in [2.24, 2.45) is 46.3 Å². The highest BCUT2D eigenvalue weighted by atomic mass is 28.4. The van der Waals surface area contributed by atoms with Crippen LogP contribution in [0, 0.1) is 46.3 Å². The Morgan fingerprint density at radius 1 is 0.780 bits per heavy atom. The average molecular weight is 607 g/mol. The molecular weight excluding hydrogens is 537 g/mol. The van der Waals surface area contributed by atoms with Crippen molar-refractivity contribution in [3.8, 4) is 0 Å². The lowest BCUT2D eigenvalue weighted by Crippen LogP contribution is -2.70. The predicted octanol–water partition coefficient (Wildman–Crippen LogP) is 10.8. The molecule has 4 aliphatic rings. The molecule has 0 radical (unpaired) electrons. The van der Waals surface area contributed by atoms with Crippen LogP contribution >= 0.6 is 0 Å². The summed E-state index contributed by atoms with van der Waals surface area (Å²) in [6, 6.07) is 0. The monoisotopic (exact) mass is 606 g/mol. The molecule has 0 heterocycles. The third-order valence-electron chi connectivity index (χ3n) is 14.8. The number of fused-ring (bicyclic) bond motifs is 5. The van der Waals surface area contributed by atoms with Gasteiger partial charge in [-0.1, -0.05) is 62.3 Å². The first-order valence-electron chi connectivity index (χ1n) is 17.7. The van der Waals surface area contributed by atoms with Crippen LogP contribution in [0.3, 0.4) is 0 Å². The van der Waals surface area contributed by atoms with E-state index in [-0.39, 0.29) is 15.5 Å². The van der Waals surface area contributed by atoms with E-state index in [1.807, 2.05) is 0 Å². The minimum Gasteiger partial charge on any atom is -0.396 e. The standard InChI is InChI=1S/C36H70O3Si2/c1-26(16-15-25-37)29-20-21-30-28-19-18-27-17-14-23-36(38-40(10,11)32(2,3)4,39-41(12,13)33(5,6)7)35(27,9)31(28)22-24-34(29,30)8/h26-31,37H,14-25H2,1-13H3/t26-,27+,28+,29-,30+,31+,34-,35+/m1/s1. The second-order valence-electron chi connectivity index (χ2n) is 18.9. The highest BCUT2D eigenvalue weighted by Crippen LogP contribution is 2.71. The third-order valence-corrected chi connectivity index (χ3v) is 23.7. The maximum absolute atomic E-state index is 9.54. The number of hydrogen-bond acceptors (Lipinski definition) is 3. The minimum atomic E-state index is -2.11. The van der Waals surface area contributed by atoms with Crippen molar-refractivity contribution >= 4 is 16.6 Å². The van der Waals surface area contributed by atoms with Crippen LogP contribution in [0.15, 0.2) is 0 Å². The summed E-state index contributed by atoms with van der Waals surface area (Å²) in [6.07, 6.45) is 14.1. The number of aliphatic hydroxyl groups is 1. The molecule has 4 fully saturated rings. The molecule has 8 atom stereocenters. The van der Waals surface area contributed by atoms with Gasteiger partial charge in [0, 0.05) is 18.4 Å². The van der Waals surface area contributed by atoms with Gasteiger partial charge in [0.05, 0.1) is 0 Å². The van der Waals surface area contributed by atoms with Gasteiger partial charge >= 0.3 is 0 Å². The topological polar surface area (TPSA) is 38.7 Å². The van der Waals surface area contributed by atoms with E-state index in [1.165, 1.54) is 57.8 Å². The summed E-state index contributed by atoms with van der Waals surface area (Å²) < 4.78 is 15.7. The molecule has 0 aliphatic heterocycles. The van der Waals surface area contributed by atoms with E-state index >= 15 is 0 Å². The van der Waals surface area contributed by atoms with Crippen LogP contribution in [0.5, 0.6) is 0 Å². The summed E-state index contributed by atoms with van der Waals surface area (Å²) in [5, 5.41) is 9.85. The molecule has 41 heavy (non-hydrogen) atoms. The Morgan fingerprint density at radius 3 is 1.90 bits per heavy atom. The van der Waals surface area contributed by atoms with Crippen LogP contribution in [-0.4, -0.2) is 34.1 Å². The summed E-state index contributed by atoms with van der Waals surface area (Å²) in [4.78, 5) is 0. The van der Waals surface area contributed by atoms with Gasteiger partial charge in [-0.15, -0.1) is 0 Å². The maximum Gasteiger partial charge on any atom is 0.195 e. The Labute approximate surface area is 258 Å². The molecule has 5 heteroatoms. The van der Waals surface area contributed by atoms with Crippen LogP contribution in [0.1, 0.15) is 133 Å². The van der Waals surface area contributed by atoms with Crippen LogP contribution in [0.4, 0.5) is 0 Å². The Bertz CT molecular complexity index is 889. The first-order valence-corrected chi connectivity index (χ1v) is 23.5. The number of aliphatic hydroxyl groups excluding tert-OH is 1. The third kappa shape index (κ3) is 5.65. The average Bonchev–Trinajstić information content (AvgIpc) is 3.18. The Balaban J connectivity index is 1.77. The van der Waals surface area contributed by atoms with E-state index in [2.05, 4.69) is 88.5 Å². The van der Waals surface area contributed by atoms with Gasteiger partial charge in [-0.25, -0.2) is 0 Å². The van der Waals surface area contributed by atoms with Crippen molar-refractivity contribution < 1.29 is 14.0 Å². The van der Waals surface area contributed by atoms with Gasteiger partial charge in [0.25, 0.3) is 0 Å². The summed E-state index contributed by atoms with van der Waals surface area (Å²) in [6.45, 7) is 32.6. The lowest BCUT2D eigenvalue weighted by molar-refractivity contribution is -0.295. The molecule has 0 unspecified atom stereocenters. The van der Waals surface area contributed by atoms with Crippen molar-refractivity contribution in [1.82, 2.24) is 0 Å². The summed E-state index contributed by atoms with van der Waals surface area (Å²) in [5.74, 6) is 4.10.